The van der Waals surface area contributed by atoms with Crippen LogP contribution in [0, 0.1) is 0 Å². The highest BCUT2D eigenvalue weighted by atomic mass is 19.4. The molecule has 0 radical (unpaired) electrons. The lowest BCUT2D eigenvalue weighted by Crippen LogP contribution is -2.23. The first-order chi connectivity index (χ1) is 9.80. The molecule has 8 heteroatoms. The molecule has 1 amide bonds. The molecule has 0 unspecified atom stereocenters. The molecule has 1 aromatic heterocycles. The van der Waals surface area contributed by atoms with Crippen LogP contribution >= 0.6 is 0 Å². The Morgan fingerprint density at radius 1 is 1.48 bits per heavy atom. The second-order valence-electron chi connectivity index (χ2n) is 4.83. The summed E-state index contributed by atoms with van der Waals surface area (Å²) in [6.07, 6.45) is 0.487. The van der Waals surface area contributed by atoms with Crippen LogP contribution < -0.4 is 5.32 Å². The highest BCUT2D eigenvalue weighted by Crippen LogP contribution is 2.30. The molecule has 0 atom stereocenters. The third-order valence-corrected chi connectivity index (χ3v) is 2.66. The Morgan fingerprint density at radius 2 is 2.19 bits per heavy atom. The van der Waals surface area contributed by atoms with Gasteiger partial charge in [0.15, 0.2) is 0 Å². The van der Waals surface area contributed by atoms with Crippen molar-refractivity contribution >= 4 is 5.91 Å². The average Bonchev–Trinajstić information content (AvgIpc) is 2.82. The number of likely N-dealkylation sites (N-methyl/N-ethyl adjacent to an activating group) is 1. The van der Waals surface area contributed by atoms with E-state index in [2.05, 4.69) is 10.4 Å². The lowest BCUT2D eigenvalue weighted by molar-refractivity contribution is -0.141. The molecule has 1 heterocycles. The number of aromatic amines is 1. The third kappa shape index (κ3) is 6.44. The second kappa shape index (κ2) is 7.82. The first kappa shape index (κ1) is 17.2. The summed E-state index contributed by atoms with van der Waals surface area (Å²) in [7, 11) is 3.76. The standard InChI is InChI=1S/C13H19F3N4O/c1-20(2)8-4-6-11(21)17-7-3-5-10-9-18-19-12(10)13(14,15)16/h4,6,9H,3,5,7-8H2,1-2H3,(H,17,21)(H,18,19)/b6-4+. The second-order valence-corrected chi connectivity index (χ2v) is 4.83. The predicted octanol–water partition coefficient (Wildman–Crippen LogP) is 1.60. The molecule has 0 bridgehead atoms. The van der Waals surface area contributed by atoms with Crippen molar-refractivity contribution in [3.05, 3.63) is 29.6 Å². The van der Waals surface area contributed by atoms with Crippen LogP contribution in [-0.4, -0.2) is 48.2 Å². The van der Waals surface area contributed by atoms with Crippen molar-refractivity contribution in [3.8, 4) is 0 Å². The lowest BCUT2D eigenvalue weighted by atomic mass is 10.1. The molecule has 0 aliphatic rings. The van der Waals surface area contributed by atoms with E-state index in [-0.39, 0.29) is 17.9 Å². The third-order valence-electron chi connectivity index (χ3n) is 2.66. The van der Waals surface area contributed by atoms with E-state index in [1.54, 1.807) is 6.08 Å². The van der Waals surface area contributed by atoms with Crippen LogP contribution in [-0.2, 0) is 17.4 Å². The van der Waals surface area contributed by atoms with Crippen LogP contribution in [0.5, 0.6) is 0 Å². The molecule has 1 rings (SSSR count). The summed E-state index contributed by atoms with van der Waals surface area (Å²) in [4.78, 5) is 13.3. The number of hydrogen-bond donors (Lipinski definition) is 2. The van der Waals surface area contributed by atoms with E-state index in [0.717, 1.165) is 0 Å². The summed E-state index contributed by atoms with van der Waals surface area (Å²) in [5.74, 6) is -0.250. The zero-order valence-corrected chi connectivity index (χ0v) is 12.0. The van der Waals surface area contributed by atoms with E-state index in [9.17, 15) is 18.0 Å². The molecule has 2 N–H and O–H groups in total. The van der Waals surface area contributed by atoms with E-state index in [4.69, 9.17) is 0 Å². The van der Waals surface area contributed by atoms with Crippen LogP contribution in [0.2, 0.25) is 0 Å². The number of rotatable bonds is 7. The summed E-state index contributed by atoms with van der Waals surface area (Å²) in [6, 6.07) is 0. The fourth-order valence-corrected chi connectivity index (χ4v) is 1.67. The minimum atomic E-state index is -4.43. The molecule has 0 fully saturated rings. The molecule has 0 aromatic carbocycles. The molecule has 1 aromatic rings. The summed E-state index contributed by atoms with van der Waals surface area (Å²) in [6.45, 7) is 0.963. The van der Waals surface area contributed by atoms with Gasteiger partial charge in [-0.15, -0.1) is 0 Å². The largest absolute Gasteiger partial charge is 0.433 e. The minimum absolute atomic E-state index is 0.111. The Morgan fingerprint density at radius 3 is 2.81 bits per heavy atom. The van der Waals surface area contributed by atoms with E-state index < -0.39 is 11.9 Å². The molecule has 21 heavy (non-hydrogen) atoms. The van der Waals surface area contributed by atoms with Gasteiger partial charge >= 0.3 is 6.18 Å². The van der Waals surface area contributed by atoms with Gasteiger partial charge in [0.05, 0.1) is 6.20 Å². The summed E-state index contributed by atoms with van der Waals surface area (Å²) >= 11 is 0. The fraction of sp³-hybridized carbons (Fsp3) is 0.538. The Balaban J connectivity index is 2.30. The van der Waals surface area contributed by atoms with Gasteiger partial charge in [0.1, 0.15) is 5.69 Å². The van der Waals surface area contributed by atoms with Crippen molar-refractivity contribution in [1.29, 1.82) is 0 Å². The zero-order chi connectivity index (χ0) is 15.9. The highest BCUT2D eigenvalue weighted by Gasteiger charge is 2.35. The maximum absolute atomic E-state index is 12.6. The monoisotopic (exact) mass is 304 g/mol. The van der Waals surface area contributed by atoms with Crippen molar-refractivity contribution < 1.29 is 18.0 Å². The van der Waals surface area contributed by atoms with Gasteiger partial charge in [-0.1, -0.05) is 6.08 Å². The number of amides is 1. The molecule has 0 spiro atoms. The number of carbonyl (C=O) groups is 1. The van der Waals surface area contributed by atoms with Crippen LogP contribution in [0.3, 0.4) is 0 Å². The normalized spacial score (nSPS) is 12.3. The molecule has 0 saturated carbocycles. The molecule has 118 valence electrons. The smallest absolute Gasteiger partial charge is 0.353 e. The van der Waals surface area contributed by atoms with Crippen molar-refractivity contribution in [1.82, 2.24) is 20.4 Å². The van der Waals surface area contributed by atoms with Gasteiger partial charge in [0, 0.05) is 24.7 Å². The molecule has 0 saturated heterocycles. The minimum Gasteiger partial charge on any atom is -0.353 e. The first-order valence-electron chi connectivity index (χ1n) is 6.49. The van der Waals surface area contributed by atoms with Gasteiger partial charge in [-0.25, -0.2) is 0 Å². The van der Waals surface area contributed by atoms with E-state index in [1.807, 2.05) is 24.1 Å². The topological polar surface area (TPSA) is 61.0 Å². The summed E-state index contributed by atoms with van der Waals surface area (Å²) in [5, 5.41) is 7.99. The Labute approximate surface area is 121 Å². The van der Waals surface area contributed by atoms with Gasteiger partial charge in [-0.2, -0.15) is 18.3 Å². The first-order valence-corrected chi connectivity index (χ1v) is 6.49. The van der Waals surface area contributed by atoms with Crippen molar-refractivity contribution in [3.63, 3.8) is 0 Å². The van der Waals surface area contributed by atoms with Gasteiger partial charge in [-0.3, -0.25) is 9.89 Å². The van der Waals surface area contributed by atoms with Gasteiger partial charge in [-0.05, 0) is 26.9 Å². The number of hydrogen-bond acceptors (Lipinski definition) is 3. The Bertz CT molecular complexity index is 480. The predicted molar refractivity (Wildman–Crippen MR) is 72.6 cm³/mol. The number of halogens is 3. The van der Waals surface area contributed by atoms with Crippen molar-refractivity contribution in [2.24, 2.45) is 0 Å². The van der Waals surface area contributed by atoms with Gasteiger partial charge in [0.2, 0.25) is 5.91 Å². The van der Waals surface area contributed by atoms with E-state index in [1.165, 1.54) is 12.3 Å². The molecule has 5 nitrogen and oxygen atoms in total. The van der Waals surface area contributed by atoms with Crippen LogP contribution in [0.4, 0.5) is 13.2 Å². The number of alkyl halides is 3. The van der Waals surface area contributed by atoms with Crippen molar-refractivity contribution in [2.45, 2.75) is 19.0 Å². The maximum Gasteiger partial charge on any atom is 0.433 e. The van der Waals surface area contributed by atoms with E-state index in [0.29, 0.717) is 19.5 Å². The quantitative estimate of drug-likeness (QED) is 0.594. The Hall–Kier alpha value is -1.83. The van der Waals surface area contributed by atoms with Crippen LogP contribution in [0.15, 0.2) is 18.3 Å². The molecule has 0 aliphatic heterocycles. The number of carbonyl (C=O) groups excluding carboxylic acids is 1. The lowest BCUT2D eigenvalue weighted by Gasteiger charge is -2.07. The SMILES string of the molecule is CN(C)C/C=C/C(=O)NCCCc1cn[nH]c1C(F)(F)F. The zero-order valence-electron chi connectivity index (χ0n) is 12.0. The number of H-pyrrole nitrogens is 1. The average molecular weight is 304 g/mol. The molecule has 0 aliphatic carbocycles. The molecular weight excluding hydrogens is 285 g/mol. The van der Waals surface area contributed by atoms with Gasteiger partial charge < -0.3 is 10.2 Å². The highest BCUT2D eigenvalue weighted by molar-refractivity contribution is 5.87. The number of nitrogens with zero attached hydrogens (tertiary/aromatic N) is 2. The van der Waals surface area contributed by atoms with Crippen LogP contribution in [0.1, 0.15) is 17.7 Å². The number of aryl methyl sites for hydroxylation is 1. The van der Waals surface area contributed by atoms with Crippen LogP contribution in [0.25, 0.3) is 0 Å². The fourth-order valence-electron chi connectivity index (χ4n) is 1.67. The van der Waals surface area contributed by atoms with Gasteiger partial charge in [0.25, 0.3) is 0 Å². The van der Waals surface area contributed by atoms with E-state index >= 15 is 0 Å². The summed E-state index contributed by atoms with van der Waals surface area (Å²) in [5.41, 5.74) is -0.709. The van der Waals surface area contributed by atoms with Crippen molar-refractivity contribution in [2.75, 3.05) is 27.2 Å². The number of nitrogens with one attached hydrogen (secondary N) is 2. The Kier molecular flexibility index (Phi) is 6.41. The molecular formula is C13H19F3N4O. The summed E-state index contributed by atoms with van der Waals surface area (Å²) < 4.78 is 37.7. The maximum atomic E-state index is 12.6. The number of aromatic nitrogens is 2.